The van der Waals surface area contributed by atoms with Crippen molar-refractivity contribution in [1.82, 2.24) is 15.0 Å². The molecule has 4 aromatic rings. The molecule has 1 N–H and O–H groups in total. The molecule has 0 bridgehead atoms. The zero-order valence-electron chi connectivity index (χ0n) is 13.9. The molecule has 0 saturated carbocycles. The predicted octanol–water partition coefficient (Wildman–Crippen LogP) is 5.27. The minimum atomic E-state index is -0.136. The summed E-state index contributed by atoms with van der Waals surface area (Å²) in [6.07, 6.45) is 1.93. The topological polar surface area (TPSA) is 67.8 Å². The van der Waals surface area contributed by atoms with Gasteiger partial charge in [0, 0.05) is 27.0 Å². The van der Waals surface area contributed by atoms with Crippen LogP contribution in [0.25, 0.3) is 22.0 Å². The van der Waals surface area contributed by atoms with Crippen LogP contribution in [0.15, 0.2) is 63.9 Å². The fourth-order valence-electron chi connectivity index (χ4n) is 2.43. The fourth-order valence-corrected chi connectivity index (χ4v) is 4.37. The van der Waals surface area contributed by atoms with Crippen LogP contribution in [0, 0.1) is 0 Å². The van der Waals surface area contributed by atoms with Gasteiger partial charge in [-0.15, -0.1) is 22.7 Å². The number of halogens is 1. The molecule has 0 atom stereocenters. The first-order chi connectivity index (χ1) is 13.2. The van der Waals surface area contributed by atoms with Gasteiger partial charge in [0.25, 0.3) is 0 Å². The van der Waals surface area contributed by atoms with Crippen molar-refractivity contribution in [3.8, 4) is 22.0 Å². The molecule has 0 aliphatic rings. The maximum Gasteiger partial charge on any atom is 0.232 e. The molecule has 0 aliphatic carbocycles. The van der Waals surface area contributed by atoms with Gasteiger partial charge in [-0.05, 0) is 24.3 Å². The number of amides is 1. The molecule has 0 aliphatic heterocycles. The number of anilines is 1. The van der Waals surface area contributed by atoms with E-state index in [1.54, 1.807) is 6.20 Å². The lowest BCUT2D eigenvalue weighted by atomic mass is 10.2. The zero-order valence-corrected chi connectivity index (χ0v) is 17.1. The van der Waals surface area contributed by atoms with E-state index in [1.807, 2.05) is 53.2 Å². The number of pyridine rings is 1. The minimum absolute atomic E-state index is 0.136. The Bertz CT molecular complexity index is 1080. The van der Waals surface area contributed by atoms with Gasteiger partial charge in [-0.3, -0.25) is 9.78 Å². The van der Waals surface area contributed by atoms with Gasteiger partial charge in [0.05, 0.1) is 17.8 Å². The molecular formula is C19H13BrN4OS2. The first-order valence-electron chi connectivity index (χ1n) is 8.04. The first-order valence-corrected chi connectivity index (χ1v) is 10.6. The fraction of sp³-hybridized carbons (Fsp3) is 0.0526. The predicted molar refractivity (Wildman–Crippen MR) is 113 cm³/mol. The van der Waals surface area contributed by atoms with Gasteiger partial charge >= 0.3 is 0 Å². The van der Waals surface area contributed by atoms with Crippen LogP contribution in [0.3, 0.4) is 0 Å². The highest BCUT2D eigenvalue weighted by molar-refractivity contribution is 9.10. The Morgan fingerprint density at radius 1 is 1.04 bits per heavy atom. The van der Waals surface area contributed by atoms with E-state index in [1.165, 1.54) is 22.7 Å². The summed E-state index contributed by atoms with van der Waals surface area (Å²) in [4.78, 5) is 25.6. The van der Waals surface area contributed by atoms with E-state index >= 15 is 0 Å². The van der Waals surface area contributed by atoms with Crippen LogP contribution in [0.4, 0.5) is 5.13 Å². The lowest BCUT2D eigenvalue weighted by molar-refractivity contribution is -0.115. The standard InChI is InChI=1S/C19H13BrN4OS2/c20-13-5-3-4-12(8-13)18-22-14(10-26-18)9-17(25)24-19-23-16(11-27-19)15-6-1-2-7-21-15/h1-8,10-11H,9H2,(H,23,24,25). The number of hydrogen-bond acceptors (Lipinski definition) is 6. The lowest BCUT2D eigenvalue weighted by Gasteiger charge is -2.00. The molecule has 134 valence electrons. The van der Waals surface area contributed by atoms with E-state index in [2.05, 4.69) is 36.2 Å². The third-order valence-electron chi connectivity index (χ3n) is 3.64. The highest BCUT2D eigenvalue weighted by Gasteiger charge is 2.12. The van der Waals surface area contributed by atoms with Crippen LogP contribution in [0.5, 0.6) is 0 Å². The zero-order chi connectivity index (χ0) is 18.6. The first kappa shape index (κ1) is 18.0. The lowest BCUT2D eigenvalue weighted by Crippen LogP contribution is -2.14. The average Bonchev–Trinajstić information content (AvgIpc) is 3.32. The molecular weight excluding hydrogens is 444 g/mol. The Balaban J connectivity index is 1.41. The SMILES string of the molecule is O=C(Cc1csc(-c2cccc(Br)c2)n1)Nc1nc(-c2ccccn2)cs1. The Morgan fingerprint density at radius 3 is 2.78 bits per heavy atom. The van der Waals surface area contributed by atoms with Crippen LogP contribution >= 0.6 is 38.6 Å². The summed E-state index contributed by atoms with van der Waals surface area (Å²) in [6.45, 7) is 0. The van der Waals surface area contributed by atoms with Crippen molar-refractivity contribution in [2.45, 2.75) is 6.42 Å². The number of carbonyl (C=O) groups excluding carboxylic acids is 1. The van der Waals surface area contributed by atoms with Gasteiger partial charge in [0.1, 0.15) is 10.7 Å². The van der Waals surface area contributed by atoms with Crippen LogP contribution in [-0.4, -0.2) is 20.9 Å². The third-order valence-corrected chi connectivity index (χ3v) is 5.83. The van der Waals surface area contributed by atoms with Crippen molar-refractivity contribution >= 4 is 49.6 Å². The summed E-state index contributed by atoms with van der Waals surface area (Å²) in [5, 5.41) is 8.08. The van der Waals surface area contributed by atoms with Gasteiger partial charge < -0.3 is 5.32 Å². The number of nitrogens with one attached hydrogen (secondary N) is 1. The van der Waals surface area contributed by atoms with Gasteiger partial charge in [0.15, 0.2) is 5.13 Å². The second-order valence-corrected chi connectivity index (χ2v) is 8.26. The Morgan fingerprint density at radius 2 is 1.96 bits per heavy atom. The normalized spacial score (nSPS) is 10.7. The van der Waals surface area contributed by atoms with E-state index < -0.39 is 0 Å². The smallest absolute Gasteiger partial charge is 0.232 e. The van der Waals surface area contributed by atoms with Crippen LogP contribution in [-0.2, 0) is 11.2 Å². The molecule has 3 heterocycles. The number of carbonyl (C=O) groups is 1. The number of thiazole rings is 2. The summed E-state index contributed by atoms with van der Waals surface area (Å²) in [5.74, 6) is -0.136. The quantitative estimate of drug-likeness (QED) is 0.443. The maximum atomic E-state index is 12.3. The summed E-state index contributed by atoms with van der Waals surface area (Å²) in [7, 11) is 0. The number of rotatable bonds is 5. The van der Waals surface area contributed by atoms with Gasteiger partial charge in [-0.1, -0.05) is 34.1 Å². The molecule has 27 heavy (non-hydrogen) atoms. The van der Waals surface area contributed by atoms with Crippen LogP contribution in [0.1, 0.15) is 5.69 Å². The average molecular weight is 457 g/mol. The van der Waals surface area contributed by atoms with E-state index in [9.17, 15) is 4.79 Å². The molecule has 0 radical (unpaired) electrons. The second kappa shape index (κ2) is 8.08. The molecule has 0 saturated heterocycles. The van der Waals surface area contributed by atoms with E-state index in [0.717, 1.165) is 32.1 Å². The summed E-state index contributed by atoms with van der Waals surface area (Å²) in [6, 6.07) is 13.6. The molecule has 1 aromatic carbocycles. The second-order valence-electron chi connectivity index (χ2n) is 5.63. The Hall–Kier alpha value is -2.42. The van der Waals surface area contributed by atoms with Crippen LogP contribution < -0.4 is 5.32 Å². The minimum Gasteiger partial charge on any atom is -0.302 e. The Labute approximate surface area is 172 Å². The summed E-state index contributed by atoms with van der Waals surface area (Å²) < 4.78 is 1.00. The summed E-state index contributed by atoms with van der Waals surface area (Å²) in [5.41, 5.74) is 3.31. The maximum absolute atomic E-state index is 12.3. The van der Waals surface area contributed by atoms with E-state index in [4.69, 9.17) is 0 Å². The van der Waals surface area contributed by atoms with Crippen molar-refractivity contribution in [2.75, 3.05) is 5.32 Å². The molecule has 3 aromatic heterocycles. The van der Waals surface area contributed by atoms with Gasteiger partial charge in [-0.2, -0.15) is 0 Å². The van der Waals surface area contributed by atoms with Crippen molar-refractivity contribution < 1.29 is 4.79 Å². The van der Waals surface area contributed by atoms with E-state index in [0.29, 0.717) is 5.13 Å². The Kier molecular flexibility index (Phi) is 5.38. The molecule has 8 heteroatoms. The largest absolute Gasteiger partial charge is 0.302 e. The molecule has 5 nitrogen and oxygen atoms in total. The number of hydrogen-bond donors (Lipinski definition) is 1. The molecule has 0 unspecified atom stereocenters. The highest BCUT2D eigenvalue weighted by Crippen LogP contribution is 2.27. The van der Waals surface area contributed by atoms with Crippen molar-refractivity contribution in [2.24, 2.45) is 0 Å². The van der Waals surface area contributed by atoms with Gasteiger partial charge in [0.2, 0.25) is 5.91 Å². The van der Waals surface area contributed by atoms with Crippen LogP contribution in [0.2, 0.25) is 0 Å². The highest BCUT2D eigenvalue weighted by atomic mass is 79.9. The molecule has 4 rings (SSSR count). The number of benzene rings is 1. The summed E-state index contributed by atoms with van der Waals surface area (Å²) >= 11 is 6.37. The van der Waals surface area contributed by atoms with Crippen molar-refractivity contribution in [3.05, 3.63) is 69.6 Å². The van der Waals surface area contributed by atoms with Crippen molar-refractivity contribution in [3.63, 3.8) is 0 Å². The monoisotopic (exact) mass is 456 g/mol. The third kappa shape index (κ3) is 4.47. The molecule has 1 amide bonds. The number of nitrogens with zero attached hydrogens (tertiary/aromatic N) is 3. The number of aromatic nitrogens is 3. The van der Waals surface area contributed by atoms with E-state index in [-0.39, 0.29) is 12.3 Å². The van der Waals surface area contributed by atoms with Crippen molar-refractivity contribution in [1.29, 1.82) is 0 Å². The molecule has 0 spiro atoms. The molecule has 0 fully saturated rings. The van der Waals surface area contributed by atoms with Gasteiger partial charge in [-0.25, -0.2) is 9.97 Å².